The Balaban J connectivity index is 1.50. The van der Waals surface area contributed by atoms with E-state index in [2.05, 4.69) is 46.7 Å². The smallest absolute Gasteiger partial charge is 0.247 e. The average Bonchev–Trinajstić information content (AvgIpc) is 3.00. The van der Waals surface area contributed by atoms with Crippen LogP contribution in [0.3, 0.4) is 0 Å². The number of thioether (sulfide) groups is 1. The summed E-state index contributed by atoms with van der Waals surface area (Å²) in [5, 5.41) is 12.9. The predicted molar refractivity (Wildman–Crippen MR) is 126 cm³/mol. The van der Waals surface area contributed by atoms with E-state index < -0.39 is 6.23 Å². The molecule has 0 spiro atoms. The third-order valence-electron chi connectivity index (χ3n) is 5.24. The molecule has 1 aliphatic rings. The van der Waals surface area contributed by atoms with Gasteiger partial charge in [0.15, 0.2) is 5.69 Å². The Morgan fingerprint density at radius 2 is 1.75 bits per heavy atom. The Kier molecular flexibility index (Phi) is 5.64. The van der Waals surface area contributed by atoms with Crippen molar-refractivity contribution in [2.75, 3.05) is 12.4 Å². The number of anilines is 1. The van der Waals surface area contributed by atoms with E-state index >= 15 is 0 Å². The van der Waals surface area contributed by atoms with Crippen LogP contribution in [0, 0.1) is 6.92 Å². The summed E-state index contributed by atoms with van der Waals surface area (Å²) in [5.74, 6) is 1.94. The van der Waals surface area contributed by atoms with Gasteiger partial charge >= 0.3 is 0 Å². The monoisotopic (exact) mass is 442 g/mol. The molecule has 0 radical (unpaired) electrons. The molecule has 1 N–H and O–H groups in total. The second-order valence-electron chi connectivity index (χ2n) is 7.45. The number of nitrogens with one attached hydrogen (secondary N) is 1. The van der Waals surface area contributed by atoms with E-state index in [-0.39, 0.29) is 0 Å². The van der Waals surface area contributed by atoms with E-state index in [4.69, 9.17) is 14.5 Å². The second kappa shape index (κ2) is 8.88. The molecule has 32 heavy (non-hydrogen) atoms. The number of aromatic nitrogens is 3. The lowest BCUT2D eigenvalue weighted by Gasteiger charge is -2.21. The van der Waals surface area contributed by atoms with Crippen LogP contribution < -0.4 is 14.8 Å². The van der Waals surface area contributed by atoms with Gasteiger partial charge in [-0.2, -0.15) is 4.98 Å². The molecule has 0 amide bonds. The molecule has 1 aromatic heterocycles. The first-order valence-corrected chi connectivity index (χ1v) is 11.3. The van der Waals surface area contributed by atoms with E-state index in [0.717, 1.165) is 28.3 Å². The Morgan fingerprint density at radius 1 is 0.969 bits per heavy atom. The Morgan fingerprint density at radius 3 is 2.59 bits per heavy atom. The van der Waals surface area contributed by atoms with Gasteiger partial charge in [0.2, 0.25) is 17.3 Å². The van der Waals surface area contributed by atoms with Crippen molar-refractivity contribution in [2.45, 2.75) is 24.1 Å². The van der Waals surface area contributed by atoms with E-state index in [1.807, 2.05) is 48.5 Å². The summed E-state index contributed by atoms with van der Waals surface area (Å²) in [4.78, 5) is 4.72. The second-order valence-corrected chi connectivity index (χ2v) is 8.39. The zero-order chi connectivity index (χ0) is 21.9. The van der Waals surface area contributed by atoms with Gasteiger partial charge in [0.05, 0.1) is 12.7 Å². The average molecular weight is 443 g/mol. The highest BCUT2D eigenvalue weighted by Gasteiger charge is 2.27. The zero-order valence-electron chi connectivity index (χ0n) is 17.8. The number of ether oxygens (including phenoxy) is 2. The van der Waals surface area contributed by atoms with Crippen molar-refractivity contribution in [3.05, 3.63) is 89.5 Å². The molecule has 5 rings (SSSR count). The molecule has 1 aliphatic heterocycles. The summed E-state index contributed by atoms with van der Waals surface area (Å²) in [6.45, 7) is 2.08. The number of methoxy groups -OCH3 is 1. The maximum atomic E-state index is 6.36. The van der Waals surface area contributed by atoms with E-state index in [0.29, 0.717) is 16.7 Å². The number of nitrogens with zero attached hydrogens (tertiary/aromatic N) is 3. The van der Waals surface area contributed by atoms with Gasteiger partial charge in [-0.25, -0.2) is 0 Å². The van der Waals surface area contributed by atoms with Crippen LogP contribution in [0.4, 0.5) is 5.69 Å². The molecule has 7 heteroatoms. The van der Waals surface area contributed by atoms with Gasteiger partial charge in [0, 0.05) is 17.0 Å². The molecular formula is C25H22N4O2S. The standard InChI is InChI=1S/C25H22N4O2S/c1-16-11-13-17(14-12-16)15-32-25-27-24-22(28-29-25)18-7-3-5-9-20(18)26-23(31-24)19-8-4-6-10-21(19)30-2/h3-14,23,26H,15H2,1-2H3/t23-/m1/s1. The first kappa shape index (κ1) is 20.3. The number of rotatable bonds is 5. The fraction of sp³-hybridized carbons (Fsp3) is 0.160. The maximum Gasteiger partial charge on any atom is 0.247 e. The van der Waals surface area contributed by atoms with E-state index in [9.17, 15) is 0 Å². The van der Waals surface area contributed by atoms with Gasteiger partial charge in [0.25, 0.3) is 0 Å². The minimum Gasteiger partial charge on any atom is -0.496 e. The van der Waals surface area contributed by atoms with Crippen LogP contribution in [0.2, 0.25) is 0 Å². The van der Waals surface area contributed by atoms with Gasteiger partial charge in [-0.05, 0) is 30.7 Å². The first-order chi connectivity index (χ1) is 15.7. The summed E-state index contributed by atoms with van der Waals surface area (Å²) in [6, 6.07) is 24.2. The van der Waals surface area contributed by atoms with Crippen LogP contribution in [-0.2, 0) is 5.75 Å². The molecule has 0 unspecified atom stereocenters. The van der Waals surface area contributed by atoms with Crippen molar-refractivity contribution in [3.63, 3.8) is 0 Å². The summed E-state index contributed by atoms with van der Waals surface area (Å²) in [7, 11) is 1.65. The van der Waals surface area contributed by atoms with Gasteiger partial charge in [-0.15, -0.1) is 10.2 Å². The minimum absolute atomic E-state index is 0.444. The van der Waals surface area contributed by atoms with E-state index in [1.54, 1.807) is 7.11 Å². The molecule has 0 saturated heterocycles. The molecular weight excluding hydrogens is 420 g/mol. The third kappa shape index (κ3) is 4.11. The fourth-order valence-electron chi connectivity index (χ4n) is 3.56. The molecule has 0 aliphatic carbocycles. The lowest BCUT2D eigenvalue weighted by molar-refractivity contribution is 0.220. The van der Waals surface area contributed by atoms with Crippen LogP contribution in [0.1, 0.15) is 22.9 Å². The van der Waals surface area contributed by atoms with Crippen molar-refractivity contribution in [2.24, 2.45) is 0 Å². The third-order valence-corrected chi connectivity index (χ3v) is 6.15. The molecule has 160 valence electrons. The van der Waals surface area contributed by atoms with Crippen LogP contribution in [0.25, 0.3) is 11.3 Å². The molecule has 2 heterocycles. The van der Waals surface area contributed by atoms with Gasteiger partial charge < -0.3 is 14.8 Å². The summed E-state index contributed by atoms with van der Waals surface area (Å²) in [6.07, 6.45) is -0.486. The quantitative estimate of drug-likeness (QED) is 0.401. The summed E-state index contributed by atoms with van der Waals surface area (Å²) in [5.41, 5.74) is 5.74. The number of aryl methyl sites for hydroxylation is 1. The predicted octanol–water partition coefficient (Wildman–Crippen LogP) is 5.65. The van der Waals surface area contributed by atoms with Crippen molar-refractivity contribution >= 4 is 17.4 Å². The number of hydrogen-bond donors (Lipinski definition) is 1. The Hall–Kier alpha value is -3.58. The molecule has 0 fully saturated rings. The summed E-state index contributed by atoms with van der Waals surface area (Å²) >= 11 is 1.54. The van der Waals surface area contributed by atoms with Crippen LogP contribution in [0.15, 0.2) is 78.0 Å². The SMILES string of the molecule is COc1ccccc1[C@@H]1Nc2ccccc2-c2nnc(SCc3ccc(C)cc3)nc2O1. The molecule has 0 bridgehead atoms. The van der Waals surface area contributed by atoms with Crippen molar-refractivity contribution in [3.8, 4) is 22.9 Å². The van der Waals surface area contributed by atoms with Crippen molar-refractivity contribution in [1.82, 2.24) is 15.2 Å². The first-order valence-electron chi connectivity index (χ1n) is 10.3. The van der Waals surface area contributed by atoms with Gasteiger partial charge in [-0.3, -0.25) is 0 Å². The van der Waals surface area contributed by atoms with Crippen LogP contribution >= 0.6 is 11.8 Å². The van der Waals surface area contributed by atoms with Crippen molar-refractivity contribution < 1.29 is 9.47 Å². The summed E-state index contributed by atoms with van der Waals surface area (Å²) < 4.78 is 11.9. The highest BCUT2D eigenvalue weighted by Crippen LogP contribution is 2.41. The Bertz CT molecular complexity index is 1250. The Labute approximate surface area is 191 Å². The molecule has 1 atom stereocenters. The molecule has 6 nitrogen and oxygen atoms in total. The topological polar surface area (TPSA) is 69.2 Å². The number of hydrogen-bond acceptors (Lipinski definition) is 7. The molecule has 0 saturated carbocycles. The normalized spacial score (nSPS) is 14.4. The van der Waals surface area contributed by atoms with Gasteiger partial charge in [0.1, 0.15) is 5.75 Å². The number of benzene rings is 3. The lowest BCUT2D eigenvalue weighted by Crippen LogP contribution is -2.18. The molecule has 4 aromatic rings. The largest absolute Gasteiger partial charge is 0.496 e. The molecule has 3 aromatic carbocycles. The lowest BCUT2D eigenvalue weighted by atomic mass is 10.1. The van der Waals surface area contributed by atoms with Crippen LogP contribution in [-0.4, -0.2) is 22.3 Å². The highest BCUT2D eigenvalue weighted by atomic mass is 32.2. The van der Waals surface area contributed by atoms with Crippen LogP contribution in [0.5, 0.6) is 11.6 Å². The maximum absolute atomic E-state index is 6.36. The zero-order valence-corrected chi connectivity index (χ0v) is 18.6. The van der Waals surface area contributed by atoms with E-state index in [1.165, 1.54) is 22.9 Å². The highest BCUT2D eigenvalue weighted by molar-refractivity contribution is 7.98. The fourth-order valence-corrected chi connectivity index (χ4v) is 4.30. The minimum atomic E-state index is -0.486. The van der Waals surface area contributed by atoms with Crippen molar-refractivity contribution in [1.29, 1.82) is 0 Å². The van der Waals surface area contributed by atoms with Gasteiger partial charge in [-0.1, -0.05) is 71.9 Å². The number of fused-ring (bicyclic) bond motifs is 3. The number of para-hydroxylation sites is 2.